The second-order valence-electron chi connectivity index (χ2n) is 5.11. The van der Waals surface area contributed by atoms with Gasteiger partial charge in [0.1, 0.15) is 0 Å². The molecule has 4 amide bonds. The molecule has 0 aliphatic rings. The summed E-state index contributed by atoms with van der Waals surface area (Å²) < 4.78 is 0. The maximum atomic E-state index is 11.8. The van der Waals surface area contributed by atoms with Crippen LogP contribution in [0.2, 0.25) is 0 Å². The van der Waals surface area contributed by atoms with Crippen LogP contribution in [0.5, 0.6) is 0 Å². The molecule has 0 aliphatic carbocycles. The van der Waals surface area contributed by atoms with Crippen LogP contribution < -0.4 is 21.3 Å². The van der Waals surface area contributed by atoms with E-state index >= 15 is 0 Å². The first-order valence-electron chi connectivity index (χ1n) is 7.65. The van der Waals surface area contributed by atoms with Crippen LogP contribution in [0.15, 0.2) is 47.4 Å². The lowest BCUT2D eigenvalue weighted by molar-refractivity contribution is 0.251. The summed E-state index contributed by atoms with van der Waals surface area (Å²) >= 11 is 2.71. The Bertz CT molecular complexity index is 784. The number of rotatable bonds is 6. The molecular formula is C16H16N6O2S2. The lowest BCUT2D eigenvalue weighted by atomic mass is 10.1. The minimum absolute atomic E-state index is 0.314. The van der Waals surface area contributed by atoms with Gasteiger partial charge >= 0.3 is 12.1 Å². The highest BCUT2D eigenvalue weighted by atomic mass is 32.1. The molecule has 0 aliphatic heterocycles. The predicted molar refractivity (Wildman–Crippen MR) is 102 cm³/mol. The van der Waals surface area contributed by atoms with Gasteiger partial charge in [-0.05, 0) is 11.1 Å². The quantitative estimate of drug-likeness (QED) is 0.520. The molecule has 3 rings (SSSR count). The molecule has 8 nitrogen and oxygen atoms in total. The zero-order chi connectivity index (χ0) is 18.2. The number of amides is 4. The number of thiazole rings is 2. The number of urea groups is 2. The van der Waals surface area contributed by atoms with Crippen LogP contribution in [0.4, 0.5) is 19.9 Å². The summed E-state index contributed by atoms with van der Waals surface area (Å²) in [6.07, 6.45) is 3.25. The van der Waals surface area contributed by atoms with Crippen molar-refractivity contribution < 1.29 is 9.59 Å². The van der Waals surface area contributed by atoms with Crippen molar-refractivity contribution in [3.8, 4) is 0 Å². The Hall–Kier alpha value is -2.98. The van der Waals surface area contributed by atoms with Crippen molar-refractivity contribution in [3.63, 3.8) is 0 Å². The third-order valence-corrected chi connectivity index (χ3v) is 4.58. The molecule has 0 unspecified atom stereocenters. The minimum Gasteiger partial charge on any atom is -0.334 e. The Kier molecular flexibility index (Phi) is 6.12. The Morgan fingerprint density at radius 3 is 1.77 bits per heavy atom. The molecular weight excluding hydrogens is 372 g/mol. The Morgan fingerprint density at radius 1 is 0.846 bits per heavy atom. The van der Waals surface area contributed by atoms with Gasteiger partial charge in [-0.2, -0.15) is 0 Å². The third kappa shape index (κ3) is 5.53. The van der Waals surface area contributed by atoms with E-state index < -0.39 is 0 Å². The van der Waals surface area contributed by atoms with E-state index in [1.54, 1.807) is 23.2 Å². The third-order valence-electron chi connectivity index (χ3n) is 3.20. The second-order valence-corrected chi connectivity index (χ2v) is 6.90. The van der Waals surface area contributed by atoms with Crippen LogP contribution in [-0.2, 0) is 13.1 Å². The molecule has 0 saturated heterocycles. The molecule has 26 heavy (non-hydrogen) atoms. The van der Waals surface area contributed by atoms with Crippen molar-refractivity contribution in [1.82, 2.24) is 20.6 Å². The summed E-state index contributed by atoms with van der Waals surface area (Å²) in [6, 6.07) is 6.99. The fourth-order valence-corrected chi connectivity index (χ4v) is 3.12. The first kappa shape index (κ1) is 17.8. The van der Waals surface area contributed by atoms with Crippen molar-refractivity contribution in [3.05, 3.63) is 58.5 Å². The lowest BCUT2D eigenvalue weighted by Gasteiger charge is -2.09. The van der Waals surface area contributed by atoms with E-state index in [0.717, 1.165) is 11.1 Å². The summed E-state index contributed by atoms with van der Waals surface area (Å²) in [4.78, 5) is 31.6. The van der Waals surface area contributed by atoms with Crippen LogP contribution in [0.1, 0.15) is 11.1 Å². The Labute approximate surface area is 157 Å². The monoisotopic (exact) mass is 388 g/mol. The van der Waals surface area contributed by atoms with Gasteiger partial charge < -0.3 is 10.6 Å². The van der Waals surface area contributed by atoms with Gasteiger partial charge in [0, 0.05) is 36.2 Å². The number of aromatic nitrogens is 2. The van der Waals surface area contributed by atoms with Crippen molar-refractivity contribution >= 4 is 45.0 Å². The minimum atomic E-state index is -0.314. The number of carbonyl (C=O) groups excluding carboxylic acids is 2. The van der Waals surface area contributed by atoms with E-state index in [4.69, 9.17) is 0 Å². The number of hydrogen-bond donors (Lipinski definition) is 4. The zero-order valence-corrected chi connectivity index (χ0v) is 15.2. The lowest BCUT2D eigenvalue weighted by Crippen LogP contribution is -2.29. The maximum Gasteiger partial charge on any atom is 0.321 e. The van der Waals surface area contributed by atoms with E-state index in [9.17, 15) is 9.59 Å². The Morgan fingerprint density at radius 2 is 1.35 bits per heavy atom. The van der Waals surface area contributed by atoms with Crippen molar-refractivity contribution in [2.75, 3.05) is 10.6 Å². The largest absolute Gasteiger partial charge is 0.334 e. The fraction of sp³-hybridized carbons (Fsp3) is 0.125. The normalized spacial score (nSPS) is 10.2. The van der Waals surface area contributed by atoms with Gasteiger partial charge in [0.2, 0.25) is 0 Å². The van der Waals surface area contributed by atoms with Gasteiger partial charge in [0.15, 0.2) is 10.3 Å². The fourth-order valence-electron chi connectivity index (χ4n) is 2.07. The standard InChI is InChI=1S/C16H16N6O2S2/c23-13(21-15-17-4-6-25-15)19-9-11-2-1-3-12(8-11)10-20-14(24)22-16-18-5-7-26-16/h1-8H,9-10H2,(H2,17,19,21,23)(H2,18,20,22,24). The number of anilines is 2. The molecule has 1 aromatic carbocycles. The highest BCUT2D eigenvalue weighted by molar-refractivity contribution is 7.14. The highest BCUT2D eigenvalue weighted by Gasteiger charge is 2.05. The summed E-state index contributed by atoms with van der Waals surface area (Å²) in [5, 5.41) is 15.5. The molecule has 10 heteroatoms. The van der Waals surface area contributed by atoms with Crippen molar-refractivity contribution in [2.45, 2.75) is 13.1 Å². The van der Waals surface area contributed by atoms with Crippen LogP contribution in [0, 0.1) is 0 Å². The van der Waals surface area contributed by atoms with E-state index in [1.165, 1.54) is 22.7 Å². The SMILES string of the molecule is O=C(NCc1cccc(CNC(=O)Nc2nccs2)c1)Nc1nccs1. The Balaban J connectivity index is 1.45. The highest BCUT2D eigenvalue weighted by Crippen LogP contribution is 2.11. The summed E-state index contributed by atoms with van der Waals surface area (Å²) in [5.41, 5.74) is 1.86. The molecule has 2 heterocycles. The van der Waals surface area contributed by atoms with Gasteiger partial charge in [-0.1, -0.05) is 24.3 Å². The number of benzene rings is 1. The average molecular weight is 388 g/mol. The van der Waals surface area contributed by atoms with Gasteiger partial charge in [0.05, 0.1) is 0 Å². The van der Waals surface area contributed by atoms with E-state index in [2.05, 4.69) is 31.2 Å². The van der Waals surface area contributed by atoms with E-state index in [-0.39, 0.29) is 12.1 Å². The molecule has 0 saturated carbocycles. The van der Waals surface area contributed by atoms with Crippen LogP contribution >= 0.6 is 22.7 Å². The number of carbonyl (C=O) groups is 2. The van der Waals surface area contributed by atoms with Crippen LogP contribution in [0.25, 0.3) is 0 Å². The maximum absolute atomic E-state index is 11.8. The number of nitrogens with one attached hydrogen (secondary N) is 4. The molecule has 0 fully saturated rings. The van der Waals surface area contributed by atoms with E-state index in [0.29, 0.717) is 23.4 Å². The van der Waals surface area contributed by atoms with Gasteiger partial charge in [-0.25, -0.2) is 19.6 Å². The first-order chi connectivity index (χ1) is 12.7. The number of hydrogen-bond acceptors (Lipinski definition) is 6. The van der Waals surface area contributed by atoms with Crippen molar-refractivity contribution in [2.24, 2.45) is 0 Å². The van der Waals surface area contributed by atoms with Gasteiger partial charge in [-0.3, -0.25) is 10.6 Å². The molecule has 2 aromatic heterocycles. The van der Waals surface area contributed by atoms with Crippen LogP contribution in [-0.4, -0.2) is 22.0 Å². The zero-order valence-electron chi connectivity index (χ0n) is 13.6. The smallest absolute Gasteiger partial charge is 0.321 e. The molecule has 0 bridgehead atoms. The summed E-state index contributed by atoms with van der Waals surface area (Å²) in [6.45, 7) is 0.743. The molecule has 4 N–H and O–H groups in total. The topological polar surface area (TPSA) is 108 Å². The van der Waals surface area contributed by atoms with E-state index in [1.807, 2.05) is 24.3 Å². The molecule has 0 spiro atoms. The second kappa shape index (κ2) is 8.92. The van der Waals surface area contributed by atoms with Gasteiger partial charge in [-0.15, -0.1) is 22.7 Å². The predicted octanol–water partition coefficient (Wildman–Crippen LogP) is 3.24. The van der Waals surface area contributed by atoms with Crippen LogP contribution in [0.3, 0.4) is 0 Å². The average Bonchev–Trinajstić information content (AvgIpc) is 3.33. The summed E-state index contributed by atoms with van der Waals surface area (Å²) in [5.74, 6) is 0. The number of nitrogens with zero attached hydrogens (tertiary/aromatic N) is 2. The molecule has 134 valence electrons. The molecule has 0 radical (unpaired) electrons. The summed E-state index contributed by atoms with van der Waals surface area (Å²) in [7, 11) is 0. The van der Waals surface area contributed by atoms with Gasteiger partial charge in [0.25, 0.3) is 0 Å². The molecule has 3 aromatic rings. The molecule has 0 atom stereocenters. The van der Waals surface area contributed by atoms with Crippen molar-refractivity contribution in [1.29, 1.82) is 0 Å². The first-order valence-corrected chi connectivity index (χ1v) is 9.41.